The van der Waals surface area contributed by atoms with Crippen molar-refractivity contribution in [1.29, 1.82) is 0 Å². The molecule has 1 aromatic heterocycles. The van der Waals surface area contributed by atoms with Crippen molar-refractivity contribution in [3.05, 3.63) is 20.3 Å². The molecule has 2 unspecified atom stereocenters. The van der Waals surface area contributed by atoms with E-state index in [-0.39, 0.29) is 0 Å². The molecule has 0 spiro atoms. The third-order valence-corrected chi connectivity index (χ3v) is 6.04. The number of halogens is 1. The molecule has 2 aliphatic rings. The van der Waals surface area contributed by atoms with E-state index in [0.717, 1.165) is 12.0 Å². The molecule has 0 amide bonds. The van der Waals surface area contributed by atoms with Crippen LogP contribution in [0, 0.1) is 5.92 Å². The zero-order chi connectivity index (χ0) is 12.5. The number of hydrogen-bond acceptors (Lipinski definition) is 2. The number of hydrogen-bond donors (Lipinski definition) is 1. The number of nitrogens with one attached hydrogen (secondary N) is 1. The predicted octanol–water partition coefficient (Wildman–Crippen LogP) is 5.06. The predicted molar refractivity (Wildman–Crippen MR) is 82.3 cm³/mol. The summed E-state index contributed by atoms with van der Waals surface area (Å²) in [4.78, 5) is 1.60. The Morgan fingerprint density at radius 3 is 3.00 bits per heavy atom. The van der Waals surface area contributed by atoms with Crippen molar-refractivity contribution in [2.75, 3.05) is 0 Å². The summed E-state index contributed by atoms with van der Waals surface area (Å²) in [5.41, 5.74) is 1.58. The van der Waals surface area contributed by atoms with Crippen LogP contribution in [0.5, 0.6) is 0 Å². The maximum atomic E-state index is 3.93. The smallest absolute Gasteiger partial charge is 0.0704 e. The summed E-state index contributed by atoms with van der Waals surface area (Å²) in [7, 11) is 0. The van der Waals surface area contributed by atoms with E-state index in [4.69, 9.17) is 0 Å². The van der Waals surface area contributed by atoms with Gasteiger partial charge >= 0.3 is 0 Å². The molecule has 100 valence electrons. The van der Waals surface area contributed by atoms with Gasteiger partial charge in [-0.15, -0.1) is 11.3 Å². The van der Waals surface area contributed by atoms with Gasteiger partial charge in [-0.1, -0.05) is 19.8 Å². The zero-order valence-corrected chi connectivity index (χ0v) is 13.4. The number of thiophene rings is 1. The van der Waals surface area contributed by atoms with Crippen molar-refractivity contribution < 1.29 is 0 Å². The molecule has 0 saturated heterocycles. The molecule has 0 aromatic carbocycles. The maximum Gasteiger partial charge on any atom is 0.0704 e. The van der Waals surface area contributed by atoms with Gasteiger partial charge in [-0.25, -0.2) is 0 Å². The quantitative estimate of drug-likeness (QED) is 0.797. The lowest BCUT2D eigenvalue weighted by molar-refractivity contribution is 0.363. The van der Waals surface area contributed by atoms with Gasteiger partial charge in [-0.05, 0) is 65.6 Å². The van der Waals surface area contributed by atoms with Gasteiger partial charge in [0.25, 0.3) is 0 Å². The van der Waals surface area contributed by atoms with E-state index < -0.39 is 0 Å². The number of rotatable bonds is 5. The fourth-order valence-corrected chi connectivity index (χ4v) is 4.91. The molecule has 0 aliphatic heterocycles. The summed E-state index contributed by atoms with van der Waals surface area (Å²) in [5, 5.41) is 3.93. The first kappa shape index (κ1) is 13.1. The van der Waals surface area contributed by atoms with Crippen LogP contribution in [0.1, 0.15) is 61.9 Å². The molecule has 1 heterocycles. The van der Waals surface area contributed by atoms with E-state index in [2.05, 4.69) is 34.2 Å². The lowest BCUT2D eigenvalue weighted by atomic mass is 9.92. The third-order valence-electron chi connectivity index (χ3n) is 4.33. The van der Waals surface area contributed by atoms with E-state index in [0.29, 0.717) is 6.04 Å². The van der Waals surface area contributed by atoms with Crippen LogP contribution in [0.4, 0.5) is 0 Å². The normalized spacial score (nSPS) is 24.9. The van der Waals surface area contributed by atoms with Crippen molar-refractivity contribution >= 4 is 27.3 Å². The number of fused-ring (bicyclic) bond motifs is 1. The minimum Gasteiger partial charge on any atom is -0.307 e. The molecule has 1 fully saturated rings. The van der Waals surface area contributed by atoms with Gasteiger partial charge in [-0.2, -0.15) is 0 Å². The molecule has 0 bridgehead atoms. The summed E-state index contributed by atoms with van der Waals surface area (Å²) >= 11 is 5.58. The molecule has 3 heteroatoms. The number of aryl methyl sites for hydroxylation is 1. The van der Waals surface area contributed by atoms with E-state index in [1.54, 1.807) is 10.4 Å². The molecule has 1 aromatic rings. The second-order valence-corrected chi connectivity index (χ2v) is 8.34. The molecule has 1 saturated carbocycles. The highest BCUT2D eigenvalue weighted by Crippen LogP contribution is 2.39. The first-order valence-electron chi connectivity index (χ1n) is 7.30. The molecule has 2 aliphatic carbocycles. The van der Waals surface area contributed by atoms with Gasteiger partial charge in [0.1, 0.15) is 0 Å². The standard InChI is InChI=1S/C15H22BrNS/c1-2-11(8-10-6-7-10)17-13-4-3-5-14-12(13)9-15(16)18-14/h9-11,13,17H,2-8H2,1H3. The SMILES string of the molecule is CCC(CC1CC1)NC1CCCc2sc(Br)cc21. The molecule has 1 nitrogen and oxygen atoms in total. The van der Waals surface area contributed by atoms with E-state index in [9.17, 15) is 0 Å². The Labute approximate surface area is 122 Å². The van der Waals surface area contributed by atoms with Crippen molar-refractivity contribution in [2.45, 2.75) is 64.0 Å². The summed E-state index contributed by atoms with van der Waals surface area (Å²) in [6, 6.07) is 3.69. The first-order valence-corrected chi connectivity index (χ1v) is 8.91. The van der Waals surface area contributed by atoms with Crippen LogP contribution >= 0.6 is 27.3 Å². The van der Waals surface area contributed by atoms with E-state index in [1.165, 1.54) is 48.7 Å². The van der Waals surface area contributed by atoms with Gasteiger partial charge in [0, 0.05) is 17.0 Å². The average molecular weight is 328 g/mol. The fraction of sp³-hybridized carbons (Fsp3) is 0.733. The molecular formula is C15H22BrNS. The van der Waals surface area contributed by atoms with Gasteiger partial charge in [-0.3, -0.25) is 0 Å². The van der Waals surface area contributed by atoms with Crippen molar-refractivity contribution in [1.82, 2.24) is 5.32 Å². The molecule has 18 heavy (non-hydrogen) atoms. The van der Waals surface area contributed by atoms with Crippen molar-refractivity contribution in [3.63, 3.8) is 0 Å². The van der Waals surface area contributed by atoms with Crippen molar-refractivity contribution in [2.24, 2.45) is 5.92 Å². The molecule has 1 N–H and O–H groups in total. The monoisotopic (exact) mass is 327 g/mol. The van der Waals surface area contributed by atoms with Crippen LogP contribution in [-0.2, 0) is 6.42 Å². The van der Waals surface area contributed by atoms with Crippen LogP contribution < -0.4 is 5.32 Å². The minimum absolute atomic E-state index is 0.611. The lowest BCUT2D eigenvalue weighted by Gasteiger charge is -2.28. The van der Waals surface area contributed by atoms with Gasteiger partial charge in [0.2, 0.25) is 0 Å². The Balaban J connectivity index is 1.68. The largest absolute Gasteiger partial charge is 0.307 e. The Kier molecular flexibility index (Phi) is 4.12. The van der Waals surface area contributed by atoms with E-state index >= 15 is 0 Å². The van der Waals surface area contributed by atoms with Crippen LogP contribution in [0.25, 0.3) is 0 Å². The van der Waals surface area contributed by atoms with Gasteiger partial charge in [0.05, 0.1) is 3.79 Å². The molecule has 0 radical (unpaired) electrons. The first-order chi connectivity index (χ1) is 8.76. The van der Waals surface area contributed by atoms with Crippen LogP contribution in [0.2, 0.25) is 0 Å². The second kappa shape index (κ2) is 5.64. The van der Waals surface area contributed by atoms with Gasteiger partial charge < -0.3 is 5.32 Å². The lowest BCUT2D eigenvalue weighted by Crippen LogP contribution is -2.34. The van der Waals surface area contributed by atoms with Crippen molar-refractivity contribution in [3.8, 4) is 0 Å². The maximum absolute atomic E-state index is 3.93. The van der Waals surface area contributed by atoms with Crippen LogP contribution in [0.15, 0.2) is 9.85 Å². The second-order valence-electron chi connectivity index (χ2n) is 5.82. The summed E-state index contributed by atoms with van der Waals surface area (Å²) < 4.78 is 1.30. The highest BCUT2D eigenvalue weighted by atomic mass is 79.9. The highest BCUT2D eigenvalue weighted by molar-refractivity contribution is 9.11. The summed E-state index contributed by atoms with van der Waals surface area (Å²) in [6.45, 7) is 2.33. The minimum atomic E-state index is 0.611. The molecular weight excluding hydrogens is 306 g/mol. The topological polar surface area (TPSA) is 12.0 Å². The average Bonchev–Trinajstić information content (AvgIpc) is 3.08. The summed E-state index contributed by atoms with van der Waals surface area (Å²) in [6.07, 6.45) is 9.55. The molecule has 2 atom stereocenters. The van der Waals surface area contributed by atoms with E-state index in [1.807, 2.05) is 11.3 Å². The van der Waals surface area contributed by atoms with Crippen LogP contribution in [0.3, 0.4) is 0 Å². The van der Waals surface area contributed by atoms with Gasteiger partial charge in [0.15, 0.2) is 0 Å². The Hall–Kier alpha value is 0.140. The Bertz CT molecular complexity index is 411. The van der Waals surface area contributed by atoms with Crippen LogP contribution in [-0.4, -0.2) is 6.04 Å². The third kappa shape index (κ3) is 3.00. The zero-order valence-electron chi connectivity index (χ0n) is 11.0. The fourth-order valence-electron chi connectivity index (χ4n) is 3.09. The summed E-state index contributed by atoms with van der Waals surface area (Å²) in [5.74, 6) is 1.03. The Morgan fingerprint density at radius 2 is 2.28 bits per heavy atom. The Morgan fingerprint density at radius 1 is 1.44 bits per heavy atom. The molecule has 3 rings (SSSR count). The highest BCUT2D eigenvalue weighted by Gasteiger charge is 2.28.